The second-order valence-corrected chi connectivity index (χ2v) is 16.4. The predicted molar refractivity (Wildman–Crippen MR) is 237 cm³/mol. The number of rotatable bonds is 10. The van der Waals surface area contributed by atoms with Crippen LogP contribution in [0.25, 0.3) is 22.1 Å². The number of amides is 2. The van der Waals surface area contributed by atoms with Gasteiger partial charge in [-0.3, -0.25) is 14.6 Å². The molecule has 2 amide bonds. The fourth-order valence-corrected chi connectivity index (χ4v) is 8.42. The predicted octanol–water partition coefficient (Wildman–Crippen LogP) is 10.7. The highest BCUT2D eigenvalue weighted by atomic mass is 35.5. The van der Waals surface area contributed by atoms with Gasteiger partial charge in [0, 0.05) is 42.4 Å². The molecule has 1 N–H and O–H groups in total. The quantitative estimate of drug-likeness (QED) is 0.146. The summed E-state index contributed by atoms with van der Waals surface area (Å²) >= 11 is 12.2. The Morgan fingerprint density at radius 3 is 2.39 bits per heavy atom. The third-order valence-electron chi connectivity index (χ3n) is 11.7. The Kier molecular flexibility index (Phi) is 11.2. The maximum atomic E-state index is 14.5. The molecule has 0 bridgehead atoms. The molecule has 2 unspecified atom stereocenters. The Morgan fingerprint density at radius 1 is 0.836 bits per heavy atom. The Balaban J connectivity index is 0.911. The lowest BCUT2D eigenvalue weighted by atomic mass is 9.92. The zero-order valence-electron chi connectivity index (χ0n) is 34.0. The number of benzene rings is 5. The van der Waals surface area contributed by atoms with E-state index in [9.17, 15) is 9.59 Å². The fraction of sp³-hybridized carbons (Fsp3) is 0.220. The number of halogens is 2. The minimum absolute atomic E-state index is 0.185. The van der Waals surface area contributed by atoms with Crippen LogP contribution in [0.15, 0.2) is 120 Å². The zero-order valence-corrected chi connectivity index (χ0v) is 35.5. The van der Waals surface area contributed by atoms with E-state index in [1.54, 1.807) is 17.0 Å². The van der Waals surface area contributed by atoms with Crippen LogP contribution in [-0.4, -0.2) is 40.9 Å². The fourth-order valence-electron chi connectivity index (χ4n) is 8.10. The van der Waals surface area contributed by atoms with E-state index in [2.05, 4.69) is 41.5 Å². The number of hydrogen-bond donors (Lipinski definition) is 1. The van der Waals surface area contributed by atoms with Crippen LogP contribution in [-0.2, 0) is 30.8 Å². The van der Waals surface area contributed by atoms with Crippen LogP contribution >= 0.6 is 23.2 Å². The molecule has 61 heavy (non-hydrogen) atoms. The number of aryl methyl sites for hydroxylation is 2. The van der Waals surface area contributed by atoms with Gasteiger partial charge < -0.3 is 28.8 Å². The molecular weight excluding hydrogens is 809 g/mol. The van der Waals surface area contributed by atoms with E-state index in [1.165, 1.54) is 0 Å². The maximum absolute atomic E-state index is 14.5. The van der Waals surface area contributed by atoms with Crippen LogP contribution in [0.4, 0.5) is 0 Å². The van der Waals surface area contributed by atoms with Crippen molar-refractivity contribution in [3.05, 3.63) is 176 Å². The van der Waals surface area contributed by atoms with Crippen molar-refractivity contribution < 1.29 is 28.2 Å². The van der Waals surface area contributed by atoms with E-state index < -0.39 is 6.04 Å². The maximum Gasteiger partial charge on any atom is 0.290 e. The summed E-state index contributed by atoms with van der Waals surface area (Å²) in [7, 11) is 0. The molecule has 11 heteroatoms. The first kappa shape index (κ1) is 40.1. The second-order valence-electron chi connectivity index (χ2n) is 15.6. The van der Waals surface area contributed by atoms with Gasteiger partial charge in [0.15, 0.2) is 23.4 Å². The highest BCUT2D eigenvalue weighted by Gasteiger charge is 2.38. The molecule has 2 aromatic heterocycles. The number of carbonyl (C=O) groups is 2. The first-order valence-corrected chi connectivity index (χ1v) is 21.1. The lowest BCUT2D eigenvalue weighted by Gasteiger charge is -2.37. The van der Waals surface area contributed by atoms with Crippen LogP contribution in [0, 0.1) is 20.8 Å². The minimum atomic E-state index is -0.777. The standard InChI is InChI=1S/C50H43Cl2N3O6/c1-29-31(3)53-21-19-39(29)34-11-8-32(9-12-34)18-20-54-49(56)43-23-36-24-45-46(25-37(36)26-55(43)50(57)48-30(2)40-6-4-5-7-44(40)61-48)60-47(28-59-45)35-13-15-38(16-14-35)58-27-33-10-17-41(51)42(52)22-33/h4-17,19,21-22,24-25,43,47H,18,20,23,26-28H2,1-3H3,(H,54,56). The Morgan fingerprint density at radius 2 is 1.61 bits per heavy atom. The number of fused-ring (bicyclic) bond motifs is 3. The van der Waals surface area contributed by atoms with Crippen molar-refractivity contribution in [2.75, 3.05) is 13.2 Å². The van der Waals surface area contributed by atoms with Gasteiger partial charge in [-0.2, -0.15) is 0 Å². The average molecular weight is 853 g/mol. The molecule has 0 fully saturated rings. The molecule has 308 valence electrons. The van der Waals surface area contributed by atoms with E-state index in [0.717, 1.165) is 61.2 Å². The molecule has 7 aromatic rings. The molecule has 0 aliphatic carbocycles. The number of nitrogens with one attached hydrogen (secondary N) is 1. The summed E-state index contributed by atoms with van der Waals surface area (Å²) < 4.78 is 24.9. The minimum Gasteiger partial charge on any atom is -0.489 e. The number of hydrogen-bond acceptors (Lipinski definition) is 7. The van der Waals surface area contributed by atoms with E-state index in [-0.39, 0.29) is 30.2 Å². The Bertz CT molecular complexity index is 2780. The molecule has 0 spiro atoms. The van der Waals surface area contributed by atoms with Gasteiger partial charge in [-0.15, -0.1) is 0 Å². The molecular formula is C50H43Cl2N3O6. The van der Waals surface area contributed by atoms with Crippen molar-refractivity contribution in [2.45, 2.75) is 58.9 Å². The SMILES string of the molecule is Cc1nccc(-c2ccc(CCNC(=O)C3Cc4cc5c(cc4CN3C(=O)c3oc4ccccc4c3C)OC(c3ccc(OCc4ccc(Cl)c(Cl)c4)cc3)CO5)cc2)c1C. The molecule has 5 aromatic carbocycles. The number of aromatic nitrogens is 1. The van der Waals surface area contributed by atoms with Gasteiger partial charge in [0.25, 0.3) is 5.91 Å². The van der Waals surface area contributed by atoms with Crippen LogP contribution in [0.5, 0.6) is 17.2 Å². The Labute approximate surface area is 364 Å². The third-order valence-corrected chi connectivity index (χ3v) is 12.5. The summed E-state index contributed by atoms with van der Waals surface area (Å²) in [5.41, 5.74) is 10.5. The van der Waals surface area contributed by atoms with Crippen molar-refractivity contribution in [3.8, 4) is 28.4 Å². The van der Waals surface area contributed by atoms with Crippen molar-refractivity contribution in [3.63, 3.8) is 0 Å². The smallest absolute Gasteiger partial charge is 0.290 e. The zero-order chi connectivity index (χ0) is 42.2. The lowest BCUT2D eigenvalue weighted by molar-refractivity contribution is -0.126. The largest absolute Gasteiger partial charge is 0.489 e. The molecule has 2 aliphatic rings. The number of carbonyl (C=O) groups excluding carboxylic acids is 2. The summed E-state index contributed by atoms with van der Waals surface area (Å²) in [6, 6.07) is 34.2. The number of furan rings is 1. The molecule has 0 radical (unpaired) electrons. The van der Waals surface area contributed by atoms with Crippen LogP contribution in [0.1, 0.15) is 61.3 Å². The molecule has 9 rings (SSSR count). The van der Waals surface area contributed by atoms with E-state index in [1.807, 2.05) is 92.8 Å². The average Bonchev–Trinajstić information content (AvgIpc) is 3.62. The van der Waals surface area contributed by atoms with Gasteiger partial charge in [0.05, 0.1) is 10.0 Å². The highest BCUT2D eigenvalue weighted by Crippen LogP contribution is 2.41. The van der Waals surface area contributed by atoms with Gasteiger partial charge in [-0.25, -0.2) is 0 Å². The normalized spacial score (nSPS) is 15.7. The number of para-hydroxylation sites is 1. The molecule has 0 saturated heterocycles. The molecule has 0 saturated carbocycles. The van der Waals surface area contributed by atoms with Crippen molar-refractivity contribution >= 4 is 46.0 Å². The Hall–Kier alpha value is -6.29. The van der Waals surface area contributed by atoms with Gasteiger partial charge in [0.1, 0.15) is 30.6 Å². The monoisotopic (exact) mass is 851 g/mol. The van der Waals surface area contributed by atoms with Crippen LogP contribution in [0.3, 0.4) is 0 Å². The summed E-state index contributed by atoms with van der Waals surface area (Å²) in [4.78, 5) is 34.7. The first-order chi connectivity index (χ1) is 29.6. The van der Waals surface area contributed by atoms with Crippen molar-refractivity contribution in [2.24, 2.45) is 0 Å². The summed E-state index contributed by atoms with van der Waals surface area (Å²) in [6.07, 6.45) is 2.40. The van der Waals surface area contributed by atoms with Crippen LogP contribution < -0.4 is 19.5 Å². The molecule has 2 aliphatic heterocycles. The van der Waals surface area contributed by atoms with Crippen molar-refractivity contribution in [1.29, 1.82) is 0 Å². The third kappa shape index (κ3) is 8.28. The highest BCUT2D eigenvalue weighted by molar-refractivity contribution is 6.42. The summed E-state index contributed by atoms with van der Waals surface area (Å²) in [6.45, 7) is 7.22. The topological polar surface area (TPSA) is 103 Å². The van der Waals surface area contributed by atoms with Gasteiger partial charge in [-0.1, -0.05) is 83.9 Å². The second kappa shape index (κ2) is 17.0. The number of nitrogens with zero attached hydrogens (tertiary/aromatic N) is 2. The number of pyridine rings is 1. The van der Waals surface area contributed by atoms with Crippen molar-refractivity contribution in [1.82, 2.24) is 15.2 Å². The van der Waals surface area contributed by atoms with E-state index in [0.29, 0.717) is 65.5 Å². The summed E-state index contributed by atoms with van der Waals surface area (Å²) in [5, 5.41) is 4.98. The van der Waals surface area contributed by atoms with Gasteiger partial charge in [-0.05, 0) is 120 Å². The van der Waals surface area contributed by atoms with Gasteiger partial charge >= 0.3 is 0 Å². The molecule has 4 heterocycles. The number of ether oxygens (including phenoxy) is 3. The summed E-state index contributed by atoms with van der Waals surface area (Å²) in [5.74, 6) is 1.53. The lowest BCUT2D eigenvalue weighted by Crippen LogP contribution is -2.53. The van der Waals surface area contributed by atoms with E-state index in [4.69, 9.17) is 41.8 Å². The molecule has 9 nitrogen and oxygen atoms in total. The first-order valence-electron chi connectivity index (χ1n) is 20.3. The van der Waals surface area contributed by atoms with Gasteiger partial charge in [0.2, 0.25) is 5.91 Å². The molecule has 2 atom stereocenters. The van der Waals surface area contributed by atoms with E-state index >= 15 is 0 Å². The van der Waals surface area contributed by atoms with Crippen LogP contribution in [0.2, 0.25) is 10.0 Å².